The van der Waals surface area contributed by atoms with Crippen molar-refractivity contribution in [1.82, 2.24) is 10.3 Å². The summed E-state index contributed by atoms with van der Waals surface area (Å²) in [5, 5.41) is 4.85. The Labute approximate surface area is 109 Å². The van der Waals surface area contributed by atoms with E-state index >= 15 is 0 Å². The molecule has 2 nitrogen and oxygen atoms in total. The van der Waals surface area contributed by atoms with Crippen molar-refractivity contribution in [3.05, 3.63) is 15.6 Å². The van der Waals surface area contributed by atoms with Crippen LogP contribution in [0, 0.1) is 19.8 Å². The zero-order valence-corrected chi connectivity index (χ0v) is 12.1. The molecule has 0 amide bonds. The number of hydrogen-bond donors (Lipinski definition) is 1. The molecule has 1 aliphatic rings. The molecule has 1 fully saturated rings. The Bertz CT molecular complexity index is 340. The zero-order chi connectivity index (χ0) is 12.3. The average molecular weight is 252 g/mol. The Balaban J connectivity index is 2.04. The Morgan fingerprint density at radius 1 is 1.24 bits per heavy atom. The van der Waals surface area contributed by atoms with Crippen LogP contribution in [-0.4, -0.2) is 18.1 Å². The molecule has 0 saturated heterocycles. The molecular weight excluding hydrogens is 228 g/mol. The number of rotatable bonds is 3. The number of nitrogens with one attached hydrogen (secondary N) is 1. The number of aromatic nitrogens is 1. The van der Waals surface area contributed by atoms with E-state index < -0.39 is 0 Å². The smallest absolute Gasteiger partial charge is 0.0934 e. The van der Waals surface area contributed by atoms with E-state index in [2.05, 4.69) is 26.2 Å². The Morgan fingerprint density at radius 3 is 2.65 bits per heavy atom. The van der Waals surface area contributed by atoms with Gasteiger partial charge in [0.05, 0.1) is 10.7 Å². The van der Waals surface area contributed by atoms with Gasteiger partial charge < -0.3 is 5.32 Å². The number of hydrogen-bond acceptors (Lipinski definition) is 3. The fraction of sp³-hybridized carbons (Fsp3) is 0.786. The van der Waals surface area contributed by atoms with Gasteiger partial charge in [-0.25, -0.2) is 4.98 Å². The van der Waals surface area contributed by atoms with E-state index in [4.69, 9.17) is 4.98 Å². The molecule has 96 valence electrons. The molecule has 0 radical (unpaired) electrons. The number of thiazole rings is 1. The van der Waals surface area contributed by atoms with Gasteiger partial charge in [0.25, 0.3) is 0 Å². The zero-order valence-electron chi connectivity index (χ0n) is 11.3. The molecular formula is C14H24N2S. The van der Waals surface area contributed by atoms with E-state index in [0.29, 0.717) is 6.04 Å². The van der Waals surface area contributed by atoms with Gasteiger partial charge in [-0.05, 0) is 39.7 Å². The molecule has 1 heterocycles. The van der Waals surface area contributed by atoms with Crippen LogP contribution in [0.1, 0.15) is 47.7 Å². The van der Waals surface area contributed by atoms with Gasteiger partial charge in [-0.1, -0.05) is 19.3 Å². The largest absolute Gasteiger partial charge is 0.317 e. The lowest BCUT2D eigenvalue weighted by Crippen LogP contribution is -2.33. The fourth-order valence-electron chi connectivity index (χ4n) is 2.86. The van der Waals surface area contributed by atoms with Crippen molar-refractivity contribution in [1.29, 1.82) is 0 Å². The predicted octanol–water partition coefficient (Wildman–Crippen LogP) is 3.47. The molecule has 2 atom stereocenters. The summed E-state index contributed by atoms with van der Waals surface area (Å²) in [5.41, 5.74) is 1.22. The van der Waals surface area contributed by atoms with E-state index in [1.807, 2.05) is 11.3 Å². The maximum Gasteiger partial charge on any atom is 0.0934 e. The molecule has 2 unspecified atom stereocenters. The van der Waals surface area contributed by atoms with Gasteiger partial charge in [0, 0.05) is 17.3 Å². The second-order valence-electron chi connectivity index (χ2n) is 5.25. The third-order valence-electron chi connectivity index (χ3n) is 4.04. The minimum absolute atomic E-state index is 0.696. The quantitative estimate of drug-likeness (QED) is 0.833. The van der Waals surface area contributed by atoms with Gasteiger partial charge in [-0.15, -0.1) is 11.3 Å². The van der Waals surface area contributed by atoms with Crippen molar-refractivity contribution in [2.45, 2.75) is 58.4 Å². The lowest BCUT2D eigenvalue weighted by Gasteiger charge is -2.23. The normalized spacial score (nSPS) is 25.8. The van der Waals surface area contributed by atoms with Crippen LogP contribution in [0.3, 0.4) is 0 Å². The number of aryl methyl sites for hydroxylation is 2. The van der Waals surface area contributed by atoms with Gasteiger partial charge in [-0.2, -0.15) is 0 Å². The van der Waals surface area contributed by atoms with Crippen LogP contribution in [0.4, 0.5) is 0 Å². The summed E-state index contributed by atoms with van der Waals surface area (Å²) < 4.78 is 0. The molecule has 1 aromatic rings. The van der Waals surface area contributed by atoms with Gasteiger partial charge in [-0.3, -0.25) is 0 Å². The minimum atomic E-state index is 0.696. The highest BCUT2D eigenvalue weighted by Crippen LogP contribution is 2.28. The second kappa shape index (κ2) is 5.96. The van der Waals surface area contributed by atoms with Gasteiger partial charge in [0.2, 0.25) is 0 Å². The van der Waals surface area contributed by atoms with Crippen molar-refractivity contribution in [3.8, 4) is 0 Å². The van der Waals surface area contributed by atoms with E-state index in [1.165, 1.54) is 54.1 Å². The highest BCUT2D eigenvalue weighted by Gasteiger charge is 2.23. The molecule has 17 heavy (non-hydrogen) atoms. The van der Waals surface area contributed by atoms with Gasteiger partial charge in [0.1, 0.15) is 0 Å². The van der Waals surface area contributed by atoms with Crippen LogP contribution in [0.15, 0.2) is 0 Å². The van der Waals surface area contributed by atoms with Crippen molar-refractivity contribution in [2.75, 3.05) is 7.05 Å². The molecule has 0 spiro atoms. The Hall–Kier alpha value is -0.410. The molecule has 1 aromatic heterocycles. The Morgan fingerprint density at radius 2 is 2.00 bits per heavy atom. The monoisotopic (exact) mass is 252 g/mol. The molecule has 1 N–H and O–H groups in total. The topological polar surface area (TPSA) is 24.9 Å². The SMILES string of the molecule is CNC1CCCCCC1Cc1nc(C)c(C)s1. The number of nitrogens with zero attached hydrogens (tertiary/aromatic N) is 1. The molecule has 2 rings (SSSR count). The van der Waals surface area contributed by atoms with Gasteiger partial charge >= 0.3 is 0 Å². The van der Waals surface area contributed by atoms with Crippen LogP contribution in [0.25, 0.3) is 0 Å². The lowest BCUT2D eigenvalue weighted by molar-refractivity contribution is 0.350. The first-order chi connectivity index (χ1) is 8.20. The van der Waals surface area contributed by atoms with Crippen LogP contribution in [0.2, 0.25) is 0 Å². The van der Waals surface area contributed by atoms with Crippen LogP contribution in [0.5, 0.6) is 0 Å². The summed E-state index contributed by atoms with van der Waals surface area (Å²) in [6.07, 6.45) is 8.06. The summed E-state index contributed by atoms with van der Waals surface area (Å²) in [5.74, 6) is 0.785. The third kappa shape index (κ3) is 3.29. The summed E-state index contributed by atoms with van der Waals surface area (Å²) in [7, 11) is 2.11. The highest BCUT2D eigenvalue weighted by molar-refractivity contribution is 7.11. The first-order valence-electron chi connectivity index (χ1n) is 6.81. The van der Waals surface area contributed by atoms with Crippen molar-refractivity contribution in [3.63, 3.8) is 0 Å². The molecule has 0 bridgehead atoms. The van der Waals surface area contributed by atoms with E-state index in [9.17, 15) is 0 Å². The molecule has 0 aliphatic heterocycles. The van der Waals surface area contributed by atoms with Crippen LogP contribution in [-0.2, 0) is 6.42 Å². The van der Waals surface area contributed by atoms with E-state index in [-0.39, 0.29) is 0 Å². The first-order valence-corrected chi connectivity index (χ1v) is 7.62. The van der Waals surface area contributed by atoms with E-state index in [1.54, 1.807) is 0 Å². The fourth-order valence-corrected chi connectivity index (χ4v) is 3.89. The third-order valence-corrected chi connectivity index (χ3v) is 5.13. The molecule has 0 aromatic carbocycles. The first kappa shape index (κ1) is 13.0. The minimum Gasteiger partial charge on any atom is -0.317 e. The van der Waals surface area contributed by atoms with Crippen molar-refractivity contribution < 1.29 is 0 Å². The summed E-state index contributed by atoms with van der Waals surface area (Å²) in [6.45, 7) is 4.30. The van der Waals surface area contributed by atoms with E-state index in [0.717, 1.165) is 5.92 Å². The highest BCUT2D eigenvalue weighted by atomic mass is 32.1. The summed E-state index contributed by atoms with van der Waals surface area (Å²) >= 11 is 1.89. The molecule has 3 heteroatoms. The van der Waals surface area contributed by atoms with Crippen molar-refractivity contribution >= 4 is 11.3 Å². The van der Waals surface area contributed by atoms with Crippen molar-refractivity contribution in [2.24, 2.45) is 5.92 Å². The lowest BCUT2D eigenvalue weighted by atomic mass is 9.92. The standard InChI is InChI=1S/C14H24N2S/c1-10-11(2)17-14(16-10)9-12-7-5-4-6-8-13(12)15-3/h12-13,15H,4-9H2,1-3H3. The average Bonchev–Trinajstić information content (AvgIpc) is 2.53. The molecule has 1 saturated carbocycles. The maximum absolute atomic E-state index is 4.69. The van der Waals surface area contributed by atoms with Gasteiger partial charge in [0.15, 0.2) is 0 Å². The second-order valence-corrected chi connectivity index (χ2v) is 6.53. The molecule has 1 aliphatic carbocycles. The summed E-state index contributed by atoms with van der Waals surface area (Å²) in [6, 6.07) is 0.696. The van der Waals surface area contributed by atoms with Crippen LogP contribution < -0.4 is 5.32 Å². The maximum atomic E-state index is 4.69. The van der Waals surface area contributed by atoms with Crippen LogP contribution >= 0.6 is 11.3 Å². The Kier molecular flexibility index (Phi) is 4.57. The summed E-state index contributed by atoms with van der Waals surface area (Å²) in [4.78, 5) is 6.08. The predicted molar refractivity (Wildman–Crippen MR) is 74.7 cm³/mol.